The Hall–Kier alpha value is -3.02. The van der Waals surface area contributed by atoms with Gasteiger partial charge in [0.05, 0.1) is 20.5 Å². The number of likely N-dealkylation sites (tertiary alicyclic amines) is 1. The Balaban J connectivity index is 1.17. The van der Waals surface area contributed by atoms with Gasteiger partial charge in [0.15, 0.2) is 0 Å². The number of carbonyl (C=O) groups is 2. The van der Waals surface area contributed by atoms with Gasteiger partial charge in [-0.2, -0.15) is 4.31 Å². The molecule has 3 aromatic carbocycles. The maximum Gasteiger partial charge on any atom is 0.335 e. The number of amides is 1. The Labute approximate surface area is 279 Å². The van der Waals surface area contributed by atoms with E-state index in [2.05, 4.69) is 4.90 Å². The second kappa shape index (κ2) is 15.3. The molecule has 5 rings (SSSR count). The third-order valence-electron chi connectivity index (χ3n) is 9.02. The van der Waals surface area contributed by atoms with E-state index in [1.807, 2.05) is 12.1 Å². The van der Waals surface area contributed by atoms with Crippen LogP contribution < -0.4 is 4.90 Å². The van der Waals surface area contributed by atoms with Gasteiger partial charge in [0.2, 0.25) is 15.9 Å². The maximum atomic E-state index is 13.9. The number of hydrogen-bond acceptors (Lipinski definition) is 5. The molecule has 0 spiro atoms. The van der Waals surface area contributed by atoms with E-state index in [4.69, 9.17) is 28.3 Å². The van der Waals surface area contributed by atoms with Crippen LogP contribution in [-0.2, 0) is 21.2 Å². The average Bonchev–Trinajstić information content (AvgIpc) is 3.06. The van der Waals surface area contributed by atoms with Gasteiger partial charge in [-0.3, -0.25) is 4.79 Å². The van der Waals surface area contributed by atoms with E-state index in [9.17, 15) is 22.4 Å². The quantitative estimate of drug-likeness (QED) is 0.243. The number of hydrogen-bond donors (Lipinski definition) is 1. The highest BCUT2D eigenvalue weighted by atomic mass is 35.5. The summed E-state index contributed by atoms with van der Waals surface area (Å²) in [5.41, 5.74) is 1.83. The molecule has 0 unspecified atom stereocenters. The number of aromatic carboxylic acids is 1. The van der Waals surface area contributed by atoms with Crippen LogP contribution in [0.25, 0.3) is 0 Å². The van der Waals surface area contributed by atoms with Crippen LogP contribution in [0.3, 0.4) is 0 Å². The zero-order valence-corrected chi connectivity index (χ0v) is 27.8. The maximum absolute atomic E-state index is 13.9. The van der Waals surface area contributed by atoms with Gasteiger partial charge in [-0.1, -0.05) is 35.3 Å². The molecule has 46 heavy (non-hydrogen) atoms. The van der Waals surface area contributed by atoms with Crippen molar-refractivity contribution in [1.82, 2.24) is 9.21 Å². The topological polar surface area (TPSA) is 98.2 Å². The van der Waals surface area contributed by atoms with Gasteiger partial charge in [0.25, 0.3) is 0 Å². The molecule has 0 atom stereocenters. The van der Waals surface area contributed by atoms with E-state index in [0.717, 1.165) is 50.9 Å². The summed E-state index contributed by atoms with van der Waals surface area (Å²) in [6, 6.07) is 17.1. The van der Waals surface area contributed by atoms with Crippen molar-refractivity contribution in [3.63, 3.8) is 0 Å². The van der Waals surface area contributed by atoms with Crippen molar-refractivity contribution in [2.24, 2.45) is 11.8 Å². The fourth-order valence-corrected chi connectivity index (χ4v) is 8.08. The van der Waals surface area contributed by atoms with Gasteiger partial charge < -0.3 is 14.9 Å². The number of sulfonamides is 1. The number of carboxylic acid groups (broad SMARTS) is 1. The Kier molecular flexibility index (Phi) is 11.4. The predicted molar refractivity (Wildman–Crippen MR) is 178 cm³/mol. The smallest absolute Gasteiger partial charge is 0.335 e. The third-order valence-corrected chi connectivity index (χ3v) is 11.7. The lowest BCUT2D eigenvalue weighted by Gasteiger charge is -2.35. The van der Waals surface area contributed by atoms with E-state index in [0.29, 0.717) is 41.0 Å². The lowest BCUT2D eigenvalue weighted by molar-refractivity contribution is -0.123. The van der Waals surface area contributed by atoms with Crippen molar-refractivity contribution in [2.45, 2.75) is 43.4 Å². The fourth-order valence-electron chi connectivity index (χ4n) is 6.32. The van der Waals surface area contributed by atoms with Crippen LogP contribution in [-0.4, -0.2) is 73.9 Å². The number of halogens is 3. The van der Waals surface area contributed by atoms with Crippen LogP contribution in [0.4, 0.5) is 10.1 Å². The number of carboxylic acids is 1. The number of carbonyl (C=O) groups excluding carboxylic acids is 1. The molecule has 2 fully saturated rings. The minimum absolute atomic E-state index is 0.0111. The summed E-state index contributed by atoms with van der Waals surface area (Å²) in [4.78, 5) is 29.3. The first-order valence-electron chi connectivity index (χ1n) is 15.6. The lowest BCUT2D eigenvalue weighted by Crippen LogP contribution is -2.45. The molecule has 2 heterocycles. The number of anilines is 1. The largest absolute Gasteiger partial charge is 0.478 e. The second-order valence-electron chi connectivity index (χ2n) is 12.1. The van der Waals surface area contributed by atoms with Crippen molar-refractivity contribution in [1.29, 1.82) is 0 Å². The summed E-state index contributed by atoms with van der Waals surface area (Å²) in [7, 11) is -3.82. The van der Waals surface area contributed by atoms with Crippen LogP contribution in [0.5, 0.6) is 0 Å². The van der Waals surface area contributed by atoms with E-state index in [1.54, 1.807) is 23.1 Å². The van der Waals surface area contributed by atoms with Crippen molar-refractivity contribution in [3.05, 3.63) is 93.7 Å². The average molecular weight is 691 g/mol. The summed E-state index contributed by atoms with van der Waals surface area (Å²) in [5.74, 6) is -1.21. The lowest BCUT2D eigenvalue weighted by atomic mass is 9.90. The first-order valence-corrected chi connectivity index (χ1v) is 17.8. The summed E-state index contributed by atoms with van der Waals surface area (Å²) in [6.07, 6.45) is 4.57. The molecular weight excluding hydrogens is 652 g/mol. The molecule has 1 amide bonds. The monoisotopic (exact) mass is 689 g/mol. The summed E-state index contributed by atoms with van der Waals surface area (Å²) >= 11 is 12.5. The molecule has 0 radical (unpaired) electrons. The predicted octanol–water partition coefficient (Wildman–Crippen LogP) is 6.61. The summed E-state index contributed by atoms with van der Waals surface area (Å²) in [6.45, 7) is 3.63. The third kappa shape index (κ3) is 8.46. The SMILES string of the molecule is O=C(O)c1ccc(S(=O)(=O)N2CCC(C(=O)N(CCCN3CCC(Cc4ccc(F)cc4)CC3)c3ccc(Cl)c(Cl)c3)CC2)cc1. The first-order chi connectivity index (χ1) is 22.0. The molecule has 1 N–H and O–H groups in total. The van der Waals surface area contributed by atoms with Crippen LogP contribution >= 0.6 is 23.2 Å². The number of piperidine rings is 2. The first kappa shape index (κ1) is 34.3. The Morgan fingerprint density at radius 1 is 0.870 bits per heavy atom. The van der Waals surface area contributed by atoms with E-state index >= 15 is 0 Å². The molecule has 2 aliphatic heterocycles. The number of nitrogens with zero attached hydrogens (tertiary/aromatic N) is 3. The van der Waals surface area contributed by atoms with Crippen LogP contribution in [0.15, 0.2) is 71.6 Å². The molecule has 2 aliphatic rings. The number of rotatable bonds is 11. The Morgan fingerprint density at radius 2 is 1.52 bits per heavy atom. The molecule has 12 heteroatoms. The zero-order valence-electron chi connectivity index (χ0n) is 25.5. The molecule has 0 aliphatic carbocycles. The number of benzene rings is 3. The molecule has 3 aromatic rings. The molecule has 2 saturated heterocycles. The second-order valence-corrected chi connectivity index (χ2v) is 14.8. The highest BCUT2D eigenvalue weighted by Crippen LogP contribution is 2.31. The minimum atomic E-state index is -3.82. The van der Waals surface area contributed by atoms with Gasteiger partial charge in [-0.05, 0) is 124 Å². The van der Waals surface area contributed by atoms with Crippen molar-refractivity contribution in [3.8, 4) is 0 Å². The van der Waals surface area contributed by atoms with Gasteiger partial charge >= 0.3 is 5.97 Å². The highest BCUT2D eigenvalue weighted by molar-refractivity contribution is 7.89. The van der Waals surface area contributed by atoms with Crippen molar-refractivity contribution in [2.75, 3.05) is 44.2 Å². The van der Waals surface area contributed by atoms with Gasteiger partial charge in [0, 0.05) is 31.2 Å². The zero-order chi connectivity index (χ0) is 32.8. The Morgan fingerprint density at radius 3 is 2.13 bits per heavy atom. The molecular formula is C34H38Cl2FN3O5S. The van der Waals surface area contributed by atoms with Gasteiger partial charge in [-0.15, -0.1) is 0 Å². The molecule has 0 saturated carbocycles. The van der Waals surface area contributed by atoms with E-state index in [1.165, 1.54) is 40.7 Å². The fraction of sp³-hybridized carbons (Fsp3) is 0.412. The van der Waals surface area contributed by atoms with E-state index in [-0.39, 0.29) is 41.2 Å². The van der Waals surface area contributed by atoms with Crippen molar-refractivity contribution < 1.29 is 27.5 Å². The molecule has 0 bridgehead atoms. The van der Waals surface area contributed by atoms with Gasteiger partial charge in [0.1, 0.15) is 5.82 Å². The van der Waals surface area contributed by atoms with Gasteiger partial charge in [-0.25, -0.2) is 17.6 Å². The van der Waals surface area contributed by atoms with Crippen LogP contribution in [0.1, 0.15) is 48.0 Å². The van der Waals surface area contributed by atoms with Crippen molar-refractivity contribution >= 4 is 50.8 Å². The Bertz CT molecular complexity index is 1620. The normalized spacial score (nSPS) is 17.2. The van der Waals surface area contributed by atoms with Crippen LogP contribution in [0.2, 0.25) is 10.0 Å². The molecule has 0 aromatic heterocycles. The minimum Gasteiger partial charge on any atom is -0.478 e. The molecule has 246 valence electrons. The summed E-state index contributed by atoms with van der Waals surface area (Å²) < 4.78 is 41.1. The molecule has 8 nitrogen and oxygen atoms in total. The summed E-state index contributed by atoms with van der Waals surface area (Å²) in [5, 5.41) is 9.88. The highest BCUT2D eigenvalue weighted by Gasteiger charge is 2.34. The van der Waals surface area contributed by atoms with E-state index < -0.39 is 16.0 Å². The standard InChI is InChI=1S/C34H38Cl2FN3O5S/c35-31-11-8-29(23-32(31)36)40(17-1-16-38-18-12-25(13-19-38)22-24-2-6-28(37)7-3-24)33(41)26-14-20-39(21-15-26)46(44,45)30-9-4-27(5-10-30)34(42)43/h2-11,23,25-26H,1,12-22H2,(H,42,43). The van der Waals surface area contributed by atoms with Crippen LogP contribution in [0, 0.1) is 17.7 Å².